The summed E-state index contributed by atoms with van der Waals surface area (Å²) in [4.78, 5) is 0. The zero-order valence-electron chi connectivity index (χ0n) is 7.63. The lowest BCUT2D eigenvalue weighted by atomic mass is 10.2. The third-order valence-corrected chi connectivity index (χ3v) is 2.78. The van der Waals surface area contributed by atoms with Gasteiger partial charge in [0.05, 0.1) is 6.10 Å². The lowest BCUT2D eigenvalue weighted by Crippen LogP contribution is -2.26. The van der Waals surface area contributed by atoms with Gasteiger partial charge in [-0.15, -0.1) is 0 Å². The topological polar surface area (TPSA) is 18.5 Å². The Morgan fingerprint density at radius 1 is 0.917 bits per heavy atom. The first-order chi connectivity index (χ1) is 5.95. The molecule has 2 heteroatoms. The molecule has 1 saturated carbocycles. The molecular formula is C10H18O2. The number of hydrogen-bond acceptors (Lipinski definition) is 2. The monoisotopic (exact) mass is 170 g/mol. The standard InChI is InChI=1S/C10H18O2/c1-2-6-9(5-1)12-10-7-3-4-8-11-10/h9-10H,1-8H2. The van der Waals surface area contributed by atoms with Crippen molar-refractivity contribution in [2.24, 2.45) is 0 Å². The molecule has 0 radical (unpaired) electrons. The molecule has 12 heavy (non-hydrogen) atoms. The van der Waals surface area contributed by atoms with Gasteiger partial charge in [-0.1, -0.05) is 12.8 Å². The highest BCUT2D eigenvalue weighted by Gasteiger charge is 2.22. The quantitative estimate of drug-likeness (QED) is 0.634. The van der Waals surface area contributed by atoms with Gasteiger partial charge in [-0.3, -0.25) is 0 Å². The molecule has 0 amide bonds. The summed E-state index contributed by atoms with van der Waals surface area (Å²) >= 11 is 0. The van der Waals surface area contributed by atoms with Crippen molar-refractivity contribution in [2.45, 2.75) is 57.3 Å². The average molecular weight is 170 g/mol. The van der Waals surface area contributed by atoms with E-state index >= 15 is 0 Å². The first-order valence-electron chi connectivity index (χ1n) is 5.22. The van der Waals surface area contributed by atoms with Crippen LogP contribution in [0.4, 0.5) is 0 Å². The summed E-state index contributed by atoms with van der Waals surface area (Å²) in [6.07, 6.45) is 9.42. The predicted octanol–water partition coefficient (Wildman–Crippen LogP) is 2.47. The Bertz CT molecular complexity index is 124. The summed E-state index contributed by atoms with van der Waals surface area (Å²) in [5.41, 5.74) is 0. The van der Waals surface area contributed by atoms with Crippen molar-refractivity contribution in [3.8, 4) is 0 Å². The van der Waals surface area contributed by atoms with E-state index in [1.165, 1.54) is 38.5 Å². The van der Waals surface area contributed by atoms with Crippen molar-refractivity contribution in [3.63, 3.8) is 0 Å². The van der Waals surface area contributed by atoms with Crippen LogP contribution in [0.25, 0.3) is 0 Å². The maximum atomic E-state index is 5.83. The molecule has 2 fully saturated rings. The molecular weight excluding hydrogens is 152 g/mol. The Kier molecular flexibility index (Phi) is 3.01. The SMILES string of the molecule is C1CCC(OC2CCCC2)OC1. The molecule has 0 aromatic rings. The third-order valence-electron chi connectivity index (χ3n) is 2.78. The van der Waals surface area contributed by atoms with Crippen molar-refractivity contribution in [1.29, 1.82) is 0 Å². The van der Waals surface area contributed by atoms with Gasteiger partial charge in [0.2, 0.25) is 0 Å². The van der Waals surface area contributed by atoms with Gasteiger partial charge >= 0.3 is 0 Å². The van der Waals surface area contributed by atoms with Crippen LogP contribution in [0, 0.1) is 0 Å². The van der Waals surface area contributed by atoms with Crippen LogP contribution in [0.1, 0.15) is 44.9 Å². The van der Waals surface area contributed by atoms with Gasteiger partial charge in [-0.05, 0) is 32.1 Å². The summed E-state index contributed by atoms with van der Waals surface area (Å²) in [6, 6.07) is 0. The fraction of sp³-hybridized carbons (Fsp3) is 1.00. The van der Waals surface area contributed by atoms with E-state index in [2.05, 4.69) is 0 Å². The van der Waals surface area contributed by atoms with Crippen LogP contribution in [0.5, 0.6) is 0 Å². The Hall–Kier alpha value is -0.0800. The number of hydrogen-bond donors (Lipinski definition) is 0. The summed E-state index contributed by atoms with van der Waals surface area (Å²) in [7, 11) is 0. The highest BCUT2D eigenvalue weighted by atomic mass is 16.7. The molecule has 1 unspecified atom stereocenters. The second-order valence-electron chi connectivity index (χ2n) is 3.84. The first-order valence-corrected chi connectivity index (χ1v) is 5.22. The average Bonchev–Trinajstić information content (AvgIpc) is 2.59. The third kappa shape index (κ3) is 2.20. The van der Waals surface area contributed by atoms with Crippen molar-refractivity contribution in [3.05, 3.63) is 0 Å². The Morgan fingerprint density at radius 3 is 2.33 bits per heavy atom. The van der Waals surface area contributed by atoms with Crippen LogP contribution in [-0.4, -0.2) is 19.0 Å². The van der Waals surface area contributed by atoms with Crippen LogP contribution in [-0.2, 0) is 9.47 Å². The molecule has 1 atom stereocenters. The van der Waals surface area contributed by atoms with Gasteiger partial charge in [0, 0.05) is 6.61 Å². The fourth-order valence-electron chi connectivity index (χ4n) is 2.06. The fourth-order valence-corrected chi connectivity index (χ4v) is 2.06. The lowest BCUT2D eigenvalue weighted by Gasteiger charge is -2.25. The maximum absolute atomic E-state index is 5.83. The van der Waals surface area contributed by atoms with E-state index in [-0.39, 0.29) is 6.29 Å². The van der Waals surface area contributed by atoms with Gasteiger partial charge in [-0.2, -0.15) is 0 Å². The molecule has 2 nitrogen and oxygen atoms in total. The van der Waals surface area contributed by atoms with Crippen molar-refractivity contribution >= 4 is 0 Å². The Labute approximate surface area is 74.2 Å². The largest absolute Gasteiger partial charge is 0.353 e. The van der Waals surface area contributed by atoms with Crippen LogP contribution < -0.4 is 0 Å². The van der Waals surface area contributed by atoms with Crippen LogP contribution >= 0.6 is 0 Å². The molecule has 0 N–H and O–H groups in total. The maximum Gasteiger partial charge on any atom is 0.157 e. The molecule has 1 saturated heterocycles. The molecule has 0 bridgehead atoms. The summed E-state index contributed by atoms with van der Waals surface area (Å²) in [5.74, 6) is 0. The molecule has 70 valence electrons. The van der Waals surface area contributed by atoms with Gasteiger partial charge in [0.1, 0.15) is 0 Å². The minimum absolute atomic E-state index is 0.127. The Balaban J connectivity index is 1.69. The molecule has 1 aliphatic heterocycles. The molecule has 0 aromatic carbocycles. The zero-order valence-corrected chi connectivity index (χ0v) is 7.63. The van der Waals surface area contributed by atoms with Crippen LogP contribution in [0.15, 0.2) is 0 Å². The van der Waals surface area contributed by atoms with Crippen molar-refractivity contribution in [2.75, 3.05) is 6.61 Å². The molecule has 0 spiro atoms. The van der Waals surface area contributed by atoms with Gasteiger partial charge in [0.25, 0.3) is 0 Å². The normalized spacial score (nSPS) is 32.5. The highest BCUT2D eigenvalue weighted by molar-refractivity contribution is 4.68. The van der Waals surface area contributed by atoms with Gasteiger partial charge < -0.3 is 9.47 Å². The highest BCUT2D eigenvalue weighted by Crippen LogP contribution is 2.25. The van der Waals surface area contributed by atoms with Crippen LogP contribution in [0.2, 0.25) is 0 Å². The molecule has 2 aliphatic rings. The second-order valence-corrected chi connectivity index (χ2v) is 3.84. The van der Waals surface area contributed by atoms with Gasteiger partial charge in [-0.25, -0.2) is 0 Å². The lowest BCUT2D eigenvalue weighted by molar-refractivity contribution is -0.186. The van der Waals surface area contributed by atoms with E-state index in [1.54, 1.807) is 0 Å². The summed E-state index contributed by atoms with van der Waals surface area (Å²) < 4.78 is 11.3. The minimum atomic E-state index is 0.127. The van der Waals surface area contributed by atoms with E-state index < -0.39 is 0 Å². The zero-order chi connectivity index (χ0) is 8.23. The van der Waals surface area contributed by atoms with E-state index in [0.717, 1.165) is 13.0 Å². The first kappa shape index (κ1) is 8.52. The van der Waals surface area contributed by atoms with E-state index in [1.807, 2.05) is 0 Å². The summed E-state index contributed by atoms with van der Waals surface area (Å²) in [5, 5.41) is 0. The van der Waals surface area contributed by atoms with Crippen molar-refractivity contribution < 1.29 is 9.47 Å². The molecule has 2 rings (SSSR count). The predicted molar refractivity (Wildman–Crippen MR) is 46.9 cm³/mol. The Morgan fingerprint density at radius 2 is 1.67 bits per heavy atom. The van der Waals surface area contributed by atoms with Gasteiger partial charge in [0.15, 0.2) is 6.29 Å². The second kappa shape index (κ2) is 4.24. The molecule has 0 aromatic heterocycles. The van der Waals surface area contributed by atoms with E-state index in [4.69, 9.17) is 9.47 Å². The molecule has 1 aliphatic carbocycles. The number of rotatable bonds is 2. The number of ether oxygens (including phenoxy) is 2. The summed E-state index contributed by atoms with van der Waals surface area (Å²) in [6.45, 7) is 0.900. The van der Waals surface area contributed by atoms with Crippen molar-refractivity contribution in [1.82, 2.24) is 0 Å². The van der Waals surface area contributed by atoms with E-state index in [0.29, 0.717) is 6.10 Å². The van der Waals surface area contributed by atoms with Crippen LogP contribution in [0.3, 0.4) is 0 Å². The minimum Gasteiger partial charge on any atom is -0.353 e. The smallest absolute Gasteiger partial charge is 0.157 e. The molecule has 1 heterocycles. The van der Waals surface area contributed by atoms with E-state index in [9.17, 15) is 0 Å².